The summed E-state index contributed by atoms with van der Waals surface area (Å²) < 4.78 is 1.03. The number of hydrogen-bond donors (Lipinski definition) is 1. The van der Waals surface area contributed by atoms with Crippen LogP contribution in [0, 0.1) is 14.9 Å². The first-order valence-electron chi connectivity index (χ1n) is 6.88. The van der Waals surface area contributed by atoms with Gasteiger partial charge in [0.15, 0.2) is 0 Å². The Morgan fingerprint density at radius 1 is 1.30 bits per heavy atom. The molecule has 1 aromatic rings. The third kappa shape index (κ3) is 4.07. The van der Waals surface area contributed by atoms with Crippen LogP contribution in [0.5, 0.6) is 0 Å². The summed E-state index contributed by atoms with van der Waals surface area (Å²) in [6.45, 7) is 0. The van der Waals surface area contributed by atoms with Crippen molar-refractivity contribution in [3.63, 3.8) is 0 Å². The van der Waals surface area contributed by atoms with E-state index < -0.39 is 0 Å². The summed E-state index contributed by atoms with van der Waals surface area (Å²) in [6.07, 6.45) is 7.27. The van der Waals surface area contributed by atoms with Gasteiger partial charge in [-0.2, -0.15) is 5.26 Å². The number of halogens is 1. The van der Waals surface area contributed by atoms with Crippen LogP contribution in [-0.2, 0) is 4.79 Å². The van der Waals surface area contributed by atoms with Crippen molar-refractivity contribution in [1.29, 1.82) is 5.26 Å². The fourth-order valence-corrected chi connectivity index (χ4v) is 2.95. The third-order valence-corrected chi connectivity index (χ3v) is 4.49. The highest BCUT2D eigenvalue weighted by Crippen LogP contribution is 2.19. The molecule has 1 amide bonds. The Hall–Kier alpha value is -1.35. The van der Waals surface area contributed by atoms with Gasteiger partial charge >= 0.3 is 0 Å². The first-order valence-corrected chi connectivity index (χ1v) is 7.96. The van der Waals surface area contributed by atoms with Crippen molar-refractivity contribution in [2.75, 3.05) is 0 Å². The summed E-state index contributed by atoms with van der Waals surface area (Å²) in [5.74, 6) is -0.251. The summed E-state index contributed by atoms with van der Waals surface area (Å²) in [6, 6.07) is 9.95. The van der Waals surface area contributed by atoms with Gasteiger partial charge in [-0.1, -0.05) is 37.5 Å². The number of benzene rings is 1. The molecule has 1 fully saturated rings. The molecule has 4 heteroatoms. The van der Waals surface area contributed by atoms with Crippen molar-refractivity contribution in [2.45, 2.75) is 38.1 Å². The Morgan fingerprint density at radius 3 is 2.65 bits per heavy atom. The van der Waals surface area contributed by atoms with Crippen molar-refractivity contribution in [3.8, 4) is 6.07 Å². The predicted molar refractivity (Wildman–Crippen MR) is 87.8 cm³/mol. The number of hydrogen-bond acceptors (Lipinski definition) is 2. The maximum absolute atomic E-state index is 12.2. The van der Waals surface area contributed by atoms with Crippen LogP contribution in [0.4, 0.5) is 0 Å². The lowest BCUT2D eigenvalue weighted by Gasteiger charge is -2.22. The van der Waals surface area contributed by atoms with Crippen molar-refractivity contribution < 1.29 is 4.79 Å². The maximum atomic E-state index is 12.2. The average molecular weight is 380 g/mol. The summed E-state index contributed by atoms with van der Waals surface area (Å²) in [5.41, 5.74) is 1.09. The quantitative estimate of drug-likeness (QED) is 0.495. The van der Waals surface area contributed by atoms with Crippen molar-refractivity contribution >= 4 is 34.6 Å². The van der Waals surface area contributed by atoms with Gasteiger partial charge in [-0.05, 0) is 53.1 Å². The highest BCUT2D eigenvalue weighted by molar-refractivity contribution is 14.1. The number of nitriles is 1. The molecule has 0 unspecified atom stereocenters. The molecule has 3 nitrogen and oxygen atoms in total. The van der Waals surface area contributed by atoms with Gasteiger partial charge in [-0.15, -0.1) is 0 Å². The minimum Gasteiger partial charge on any atom is -0.349 e. The van der Waals surface area contributed by atoms with Gasteiger partial charge in [0.1, 0.15) is 11.6 Å². The van der Waals surface area contributed by atoms with E-state index in [0.717, 1.165) is 34.8 Å². The van der Waals surface area contributed by atoms with Gasteiger partial charge in [0.2, 0.25) is 0 Å². The molecule has 0 aliphatic heterocycles. The number of amides is 1. The second-order valence-corrected chi connectivity index (χ2v) is 6.16. The van der Waals surface area contributed by atoms with Crippen LogP contribution in [0.2, 0.25) is 0 Å². The van der Waals surface area contributed by atoms with E-state index in [1.54, 1.807) is 6.08 Å². The Bertz CT molecular complexity index is 554. The van der Waals surface area contributed by atoms with Crippen molar-refractivity contribution in [2.24, 2.45) is 0 Å². The van der Waals surface area contributed by atoms with E-state index in [4.69, 9.17) is 0 Å². The molecule has 1 aliphatic rings. The highest BCUT2D eigenvalue weighted by atomic mass is 127. The van der Waals surface area contributed by atoms with Gasteiger partial charge in [0, 0.05) is 9.61 Å². The first-order chi connectivity index (χ1) is 9.70. The summed E-state index contributed by atoms with van der Waals surface area (Å²) >= 11 is 2.20. The summed E-state index contributed by atoms with van der Waals surface area (Å²) in [7, 11) is 0. The molecule has 0 spiro atoms. The van der Waals surface area contributed by atoms with E-state index in [1.807, 2.05) is 30.3 Å². The van der Waals surface area contributed by atoms with Crippen LogP contribution in [-0.4, -0.2) is 11.9 Å². The zero-order valence-electron chi connectivity index (χ0n) is 11.2. The van der Waals surface area contributed by atoms with Crippen LogP contribution in [0.15, 0.2) is 29.8 Å². The zero-order valence-corrected chi connectivity index (χ0v) is 13.4. The molecule has 0 heterocycles. The largest absolute Gasteiger partial charge is 0.349 e. The highest BCUT2D eigenvalue weighted by Gasteiger charge is 2.18. The number of rotatable bonds is 3. The molecular weight excluding hydrogens is 363 g/mol. The van der Waals surface area contributed by atoms with E-state index >= 15 is 0 Å². The van der Waals surface area contributed by atoms with Gasteiger partial charge in [0.05, 0.1) is 0 Å². The fourth-order valence-electron chi connectivity index (χ4n) is 2.41. The van der Waals surface area contributed by atoms with E-state index in [2.05, 4.69) is 27.9 Å². The molecule has 20 heavy (non-hydrogen) atoms. The van der Waals surface area contributed by atoms with Crippen LogP contribution >= 0.6 is 22.6 Å². The molecule has 0 atom stereocenters. The number of nitrogens with zero attached hydrogens (tertiary/aromatic N) is 1. The van der Waals surface area contributed by atoms with E-state index in [1.165, 1.54) is 6.42 Å². The molecule has 0 saturated heterocycles. The van der Waals surface area contributed by atoms with Crippen LogP contribution in [0.3, 0.4) is 0 Å². The molecule has 1 saturated carbocycles. The third-order valence-electron chi connectivity index (χ3n) is 3.51. The number of nitrogens with one attached hydrogen (secondary N) is 1. The molecule has 0 bridgehead atoms. The van der Waals surface area contributed by atoms with E-state index in [0.29, 0.717) is 0 Å². The van der Waals surface area contributed by atoms with E-state index in [-0.39, 0.29) is 17.5 Å². The van der Waals surface area contributed by atoms with Gasteiger partial charge in [0.25, 0.3) is 5.91 Å². The lowest BCUT2D eigenvalue weighted by atomic mass is 9.95. The Kier molecular flexibility index (Phi) is 5.60. The normalized spacial score (nSPS) is 16.5. The monoisotopic (exact) mass is 380 g/mol. The molecule has 2 rings (SSSR count). The maximum Gasteiger partial charge on any atom is 0.262 e. The minimum atomic E-state index is -0.251. The number of carbonyl (C=O) groups excluding carboxylic acids is 1. The summed E-state index contributed by atoms with van der Waals surface area (Å²) in [5, 5.41) is 12.2. The lowest BCUT2D eigenvalue weighted by Crippen LogP contribution is -2.36. The number of carbonyl (C=O) groups is 1. The van der Waals surface area contributed by atoms with E-state index in [9.17, 15) is 10.1 Å². The predicted octanol–water partition coefficient (Wildman–Crippen LogP) is 3.65. The Morgan fingerprint density at radius 2 is 2.00 bits per heavy atom. The summed E-state index contributed by atoms with van der Waals surface area (Å²) in [4.78, 5) is 12.2. The second-order valence-electron chi connectivity index (χ2n) is 5.00. The molecule has 0 radical (unpaired) electrons. The fraction of sp³-hybridized carbons (Fsp3) is 0.375. The Labute approximate surface area is 133 Å². The van der Waals surface area contributed by atoms with Crippen LogP contribution in [0.1, 0.15) is 37.7 Å². The molecule has 1 aliphatic carbocycles. The molecule has 104 valence electrons. The standard InChI is InChI=1S/C16H17IN2O/c17-15-9-5-4-6-12(15)10-13(11-18)16(20)19-14-7-2-1-3-8-14/h4-6,9-10,14H,1-3,7-8H2,(H,19,20)/b13-10+. The van der Waals surface area contributed by atoms with Crippen molar-refractivity contribution in [3.05, 3.63) is 39.0 Å². The zero-order chi connectivity index (χ0) is 14.4. The average Bonchev–Trinajstić information content (AvgIpc) is 2.47. The first kappa shape index (κ1) is 15.0. The smallest absolute Gasteiger partial charge is 0.262 e. The molecule has 1 N–H and O–H groups in total. The van der Waals surface area contributed by atoms with Crippen molar-refractivity contribution in [1.82, 2.24) is 5.32 Å². The van der Waals surface area contributed by atoms with Crippen LogP contribution in [0.25, 0.3) is 6.08 Å². The molecule has 1 aromatic carbocycles. The molecule has 0 aromatic heterocycles. The lowest BCUT2D eigenvalue weighted by molar-refractivity contribution is -0.117. The van der Waals surface area contributed by atoms with Gasteiger partial charge < -0.3 is 5.32 Å². The minimum absolute atomic E-state index is 0.180. The Balaban J connectivity index is 2.09. The van der Waals surface area contributed by atoms with Gasteiger partial charge in [-0.3, -0.25) is 4.79 Å². The second kappa shape index (κ2) is 7.44. The topological polar surface area (TPSA) is 52.9 Å². The van der Waals surface area contributed by atoms with Gasteiger partial charge in [-0.25, -0.2) is 0 Å². The SMILES string of the molecule is N#C/C(=C\c1ccccc1I)C(=O)NC1CCCCC1. The van der Waals surface area contributed by atoms with Crippen LogP contribution < -0.4 is 5.32 Å². The molecular formula is C16H17IN2O.